The number of ether oxygens (including phenoxy) is 1. The minimum absolute atomic E-state index is 0.187. The van der Waals surface area contributed by atoms with Gasteiger partial charge >= 0.3 is 5.97 Å². The van der Waals surface area contributed by atoms with Crippen molar-refractivity contribution in [2.45, 2.75) is 26.2 Å². The fourth-order valence-corrected chi connectivity index (χ4v) is 0.739. The largest absolute Gasteiger partial charge is 0.466 e. The van der Waals surface area contributed by atoms with Crippen molar-refractivity contribution >= 4 is 12.0 Å². The molecule has 0 atom stereocenters. The van der Waals surface area contributed by atoms with Gasteiger partial charge in [0.1, 0.15) is 0 Å². The Labute approximate surface area is 71.6 Å². The summed E-state index contributed by atoms with van der Waals surface area (Å²) in [5.74, 6) is -0.187. The predicted molar refractivity (Wildman–Crippen MR) is 43.5 cm³/mol. The normalized spacial score (nSPS) is 8.75. The Morgan fingerprint density at radius 3 is 2.83 bits per heavy atom. The Kier molecular flexibility index (Phi) is 7.19. The molecule has 0 bridgehead atoms. The summed E-state index contributed by atoms with van der Waals surface area (Å²) in [7, 11) is 0. The van der Waals surface area contributed by atoms with Crippen molar-refractivity contribution in [1.29, 1.82) is 0 Å². The number of unbranched alkanes of at least 4 members (excludes halogenated alkanes) is 1. The predicted octanol–water partition coefficient (Wildman–Crippen LogP) is 1.06. The first-order chi connectivity index (χ1) is 5.81. The third kappa shape index (κ3) is 6.96. The van der Waals surface area contributed by atoms with Gasteiger partial charge in [-0.1, -0.05) is 0 Å². The molecular weight excluding hydrogens is 158 g/mol. The van der Waals surface area contributed by atoms with E-state index in [4.69, 9.17) is 4.74 Å². The van der Waals surface area contributed by atoms with E-state index in [1.807, 2.05) is 0 Å². The Morgan fingerprint density at radius 2 is 2.25 bits per heavy atom. The Morgan fingerprint density at radius 1 is 1.50 bits per heavy atom. The van der Waals surface area contributed by atoms with Crippen molar-refractivity contribution in [2.24, 2.45) is 4.99 Å². The van der Waals surface area contributed by atoms with Gasteiger partial charge < -0.3 is 4.74 Å². The molecule has 0 saturated carbocycles. The highest BCUT2D eigenvalue weighted by molar-refractivity contribution is 5.69. The number of hydrogen-bond donors (Lipinski definition) is 0. The highest BCUT2D eigenvalue weighted by Crippen LogP contribution is 1.97. The Bertz CT molecular complexity index is 173. The second-order valence-electron chi connectivity index (χ2n) is 2.24. The van der Waals surface area contributed by atoms with Gasteiger partial charge in [-0.15, -0.1) is 0 Å². The SMILES string of the molecule is CCOC(=O)CCCCN=C=O. The molecule has 0 aromatic rings. The van der Waals surface area contributed by atoms with Crippen LogP contribution in [0.2, 0.25) is 0 Å². The molecule has 0 unspecified atom stereocenters. The van der Waals surface area contributed by atoms with Gasteiger partial charge in [-0.2, -0.15) is 0 Å². The van der Waals surface area contributed by atoms with Crippen molar-refractivity contribution < 1.29 is 14.3 Å². The maximum absolute atomic E-state index is 10.7. The molecule has 0 amide bonds. The molecule has 0 aliphatic heterocycles. The maximum Gasteiger partial charge on any atom is 0.305 e. The number of esters is 1. The van der Waals surface area contributed by atoms with Crippen LogP contribution in [0.25, 0.3) is 0 Å². The van der Waals surface area contributed by atoms with Crippen LogP contribution in [0.5, 0.6) is 0 Å². The lowest BCUT2D eigenvalue weighted by atomic mass is 10.2. The van der Waals surface area contributed by atoms with Crippen LogP contribution < -0.4 is 0 Å². The highest BCUT2D eigenvalue weighted by atomic mass is 16.5. The van der Waals surface area contributed by atoms with Crippen LogP contribution in [-0.4, -0.2) is 25.2 Å². The van der Waals surface area contributed by atoms with Gasteiger partial charge in [-0.25, -0.2) is 9.79 Å². The smallest absolute Gasteiger partial charge is 0.305 e. The number of nitrogens with zero attached hydrogens (tertiary/aromatic N) is 1. The molecular formula is C8H13NO3. The average Bonchev–Trinajstić information content (AvgIpc) is 2.05. The minimum Gasteiger partial charge on any atom is -0.466 e. The van der Waals surface area contributed by atoms with E-state index in [1.54, 1.807) is 6.92 Å². The van der Waals surface area contributed by atoms with Crippen LogP contribution in [0.4, 0.5) is 0 Å². The Balaban J connectivity index is 3.19. The van der Waals surface area contributed by atoms with E-state index in [0.29, 0.717) is 26.0 Å². The topological polar surface area (TPSA) is 55.7 Å². The summed E-state index contributed by atoms with van der Waals surface area (Å²) < 4.78 is 4.70. The average molecular weight is 171 g/mol. The van der Waals surface area contributed by atoms with E-state index in [2.05, 4.69) is 4.99 Å². The number of carbonyl (C=O) groups excluding carboxylic acids is 2. The molecule has 0 aromatic heterocycles. The lowest BCUT2D eigenvalue weighted by molar-refractivity contribution is -0.143. The van der Waals surface area contributed by atoms with Crippen molar-refractivity contribution in [3.05, 3.63) is 0 Å². The zero-order chi connectivity index (χ0) is 9.23. The standard InChI is InChI=1S/C8H13NO3/c1-2-12-8(11)5-3-4-6-9-7-10/h2-6H2,1H3. The molecule has 0 radical (unpaired) electrons. The molecule has 68 valence electrons. The summed E-state index contributed by atoms with van der Waals surface area (Å²) >= 11 is 0. The fraction of sp³-hybridized carbons (Fsp3) is 0.750. The molecule has 0 N–H and O–H groups in total. The Hall–Kier alpha value is -1.15. The van der Waals surface area contributed by atoms with Crippen LogP contribution in [0, 0.1) is 0 Å². The van der Waals surface area contributed by atoms with Gasteiger partial charge in [0.05, 0.1) is 13.2 Å². The molecule has 0 rings (SSSR count). The molecule has 4 nitrogen and oxygen atoms in total. The molecule has 0 saturated heterocycles. The van der Waals surface area contributed by atoms with Gasteiger partial charge in [0.2, 0.25) is 6.08 Å². The van der Waals surface area contributed by atoms with Gasteiger partial charge in [0.25, 0.3) is 0 Å². The zero-order valence-corrected chi connectivity index (χ0v) is 7.21. The second kappa shape index (κ2) is 7.95. The van der Waals surface area contributed by atoms with Gasteiger partial charge in [-0.3, -0.25) is 4.79 Å². The van der Waals surface area contributed by atoms with Gasteiger partial charge in [-0.05, 0) is 19.8 Å². The molecule has 0 fully saturated rings. The third-order valence-corrected chi connectivity index (χ3v) is 1.27. The molecule has 4 heteroatoms. The number of hydrogen-bond acceptors (Lipinski definition) is 4. The molecule has 0 heterocycles. The van der Waals surface area contributed by atoms with Gasteiger partial charge in [0.15, 0.2) is 0 Å². The lowest BCUT2D eigenvalue weighted by Gasteiger charge is -1.99. The van der Waals surface area contributed by atoms with Crippen LogP contribution in [0.15, 0.2) is 4.99 Å². The summed E-state index contributed by atoms with van der Waals surface area (Å²) in [5.41, 5.74) is 0. The molecule has 0 aliphatic carbocycles. The first-order valence-electron chi connectivity index (χ1n) is 4.00. The van der Waals surface area contributed by atoms with E-state index < -0.39 is 0 Å². The summed E-state index contributed by atoms with van der Waals surface area (Å²) in [5, 5.41) is 0. The number of aliphatic imine (C=N–C) groups is 1. The monoisotopic (exact) mass is 171 g/mol. The van der Waals surface area contributed by atoms with Crippen molar-refractivity contribution in [1.82, 2.24) is 0 Å². The summed E-state index contributed by atoms with van der Waals surface area (Å²) in [6.45, 7) is 2.64. The molecule has 0 aliphatic rings. The number of carbonyl (C=O) groups is 1. The quantitative estimate of drug-likeness (QED) is 0.260. The molecule has 0 aromatic carbocycles. The van der Waals surface area contributed by atoms with Crippen LogP contribution >= 0.6 is 0 Å². The van der Waals surface area contributed by atoms with E-state index >= 15 is 0 Å². The third-order valence-electron chi connectivity index (χ3n) is 1.27. The summed E-state index contributed by atoms with van der Waals surface area (Å²) in [4.78, 5) is 23.7. The van der Waals surface area contributed by atoms with E-state index in [1.165, 1.54) is 6.08 Å². The van der Waals surface area contributed by atoms with Crippen LogP contribution in [0.3, 0.4) is 0 Å². The first kappa shape index (κ1) is 10.8. The summed E-state index contributed by atoms with van der Waals surface area (Å²) in [6.07, 6.45) is 3.29. The van der Waals surface area contributed by atoms with Crippen LogP contribution in [-0.2, 0) is 14.3 Å². The van der Waals surface area contributed by atoms with Gasteiger partial charge in [0, 0.05) is 6.42 Å². The number of rotatable bonds is 6. The lowest BCUT2D eigenvalue weighted by Crippen LogP contribution is -2.03. The maximum atomic E-state index is 10.7. The first-order valence-corrected chi connectivity index (χ1v) is 4.00. The van der Waals surface area contributed by atoms with Crippen LogP contribution in [0.1, 0.15) is 26.2 Å². The van der Waals surface area contributed by atoms with E-state index in [-0.39, 0.29) is 5.97 Å². The second-order valence-corrected chi connectivity index (χ2v) is 2.24. The minimum atomic E-state index is -0.187. The fourth-order valence-electron chi connectivity index (χ4n) is 0.739. The molecule has 0 spiro atoms. The van der Waals surface area contributed by atoms with E-state index in [9.17, 15) is 9.59 Å². The summed E-state index contributed by atoms with van der Waals surface area (Å²) in [6, 6.07) is 0. The van der Waals surface area contributed by atoms with Crippen molar-refractivity contribution in [3.63, 3.8) is 0 Å². The molecule has 12 heavy (non-hydrogen) atoms. The highest BCUT2D eigenvalue weighted by Gasteiger charge is 1.99. The zero-order valence-electron chi connectivity index (χ0n) is 7.21. The van der Waals surface area contributed by atoms with Crippen molar-refractivity contribution in [3.8, 4) is 0 Å². The number of isocyanates is 1. The van der Waals surface area contributed by atoms with E-state index in [0.717, 1.165) is 6.42 Å². The van der Waals surface area contributed by atoms with Crippen molar-refractivity contribution in [2.75, 3.05) is 13.2 Å².